The van der Waals surface area contributed by atoms with E-state index in [4.69, 9.17) is 0 Å². The SMILES string of the molecule is CCCNC(C(=O)OC)c1cc(F)ccc1O. The summed E-state index contributed by atoms with van der Waals surface area (Å²) in [5.74, 6) is -1.20. The van der Waals surface area contributed by atoms with Gasteiger partial charge in [-0.2, -0.15) is 0 Å². The third kappa shape index (κ3) is 3.42. The van der Waals surface area contributed by atoms with Gasteiger partial charge in [-0.1, -0.05) is 6.92 Å². The molecule has 0 aliphatic carbocycles. The van der Waals surface area contributed by atoms with E-state index in [9.17, 15) is 14.3 Å². The number of esters is 1. The average molecular weight is 241 g/mol. The molecule has 0 radical (unpaired) electrons. The highest BCUT2D eigenvalue weighted by Crippen LogP contribution is 2.25. The maximum absolute atomic E-state index is 13.1. The molecule has 5 heteroatoms. The normalized spacial score (nSPS) is 12.2. The summed E-state index contributed by atoms with van der Waals surface area (Å²) in [6.07, 6.45) is 0.809. The number of methoxy groups -OCH3 is 1. The minimum atomic E-state index is -0.851. The molecule has 0 spiro atoms. The van der Waals surface area contributed by atoms with Crippen molar-refractivity contribution >= 4 is 5.97 Å². The van der Waals surface area contributed by atoms with Crippen molar-refractivity contribution in [3.05, 3.63) is 29.6 Å². The van der Waals surface area contributed by atoms with Crippen LogP contribution in [0.25, 0.3) is 0 Å². The molecule has 1 unspecified atom stereocenters. The van der Waals surface area contributed by atoms with E-state index in [1.54, 1.807) is 0 Å². The van der Waals surface area contributed by atoms with Crippen LogP contribution in [0.5, 0.6) is 5.75 Å². The van der Waals surface area contributed by atoms with Gasteiger partial charge in [-0.05, 0) is 31.2 Å². The number of phenols is 1. The second kappa shape index (κ2) is 6.20. The molecule has 0 fully saturated rings. The Hall–Kier alpha value is -1.62. The Balaban J connectivity index is 3.02. The minimum absolute atomic E-state index is 0.134. The second-order valence-electron chi connectivity index (χ2n) is 3.61. The Morgan fingerprint density at radius 2 is 2.29 bits per heavy atom. The van der Waals surface area contributed by atoms with Crippen LogP contribution >= 0.6 is 0 Å². The quantitative estimate of drug-likeness (QED) is 0.771. The smallest absolute Gasteiger partial charge is 0.327 e. The van der Waals surface area contributed by atoms with Gasteiger partial charge in [-0.3, -0.25) is 0 Å². The van der Waals surface area contributed by atoms with Crippen LogP contribution in [0.2, 0.25) is 0 Å². The van der Waals surface area contributed by atoms with Crippen molar-refractivity contribution in [2.24, 2.45) is 0 Å². The van der Waals surface area contributed by atoms with Gasteiger partial charge in [0.15, 0.2) is 0 Å². The van der Waals surface area contributed by atoms with Crippen molar-refractivity contribution in [1.82, 2.24) is 5.32 Å². The van der Waals surface area contributed by atoms with Crippen LogP contribution in [0, 0.1) is 5.82 Å². The Bertz CT molecular complexity index is 395. The van der Waals surface area contributed by atoms with Crippen molar-refractivity contribution in [3.63, 3.8) is 0 Å². The van der Waals surface area contributed by atoms with Crippen molar-refractivity contribution in [1.29, 1.82) is 0 Å². The van der Waals surface area contributed by atoms with Gasteiger partial charge < -0.3 is 15.2 Å². The summed E-state index contributed by atoms with van der Waals surface area (Å²) in [5, 5.41) is 12.5. The van der Waals surface area contributed by atoms with Crippen LogP contribution in [-0.4, -0.2) is 24.7 Å². The van der Waals surface area contributed by atoms with E-state index < -0.39 is 17.8 Å². The lowest BCUT2D eigenvalue weighted by molar-refractivity contribution is -0.143. The van der Waals surface area contributed by atoms with Crippen molar-refractivity contribution < 1.29 is 19.0 Å². The van der Waals surface area contributed by atoms with E-state index in [2.05, 4.69) is 10.1 Å². The molecule has 1 rings (SSSR count). The molecule has 0 aliphatic rings. The van der Waals surface area contributed by atoms with Gasteiger partial charge in [0, 0.05) is 5.56 Å². The minimum Gasteiger partial charge on any atom is -0.508 e. The molecule has 94 valence electrons. The van der Waals surface area contributed by atoms with Crippen LogP contribution in [0.4, 0.5) is 4.39 Å². The summed E-state index contributed by atoms with van der Waals surface area (Å²) in [7, 11) is 1.25. The summed E-state index contributed by atoms with van der Waals surface area (Å²) in [5.41, 5.74) is 0.185. The molecule has 0 saturated carbocycles. The first-order valence-corrected chi connectivity index (χ1v) is 5.39. The van der Waals surface area contributed by atoms with Crippen LogP contribution in [-0.2, 0) is 9.53 Å². The van der Waals surface area contributed by atoms with Gasteiger partial charge in [-0.15, -0.1) is 0 Å². The van der Waals surface area contributed by atoms with Gasteiger partial charge in [0.25, 0.3) is 0 Å². The fourth-order valence-corrected chi connectivity index (χ4v) is 1.48. The molecule has 2 N–H and O–H groups in total. The zero-order chi connectivity index (χ0) is 12.8. The second-order valence-corrected chi connectivity index (χ2v) is 3.61. The third-order valence-corrected chi connectivity index (χ3v) is 2.34. The highest BCUT2D eigenvalue weighted by molar-refractivity contribution is 5.78. The van der Waals surface area contributed by atoms with E-state index in [1.807, 2.05) is 6.92 Å². The zero-order valence-electron chi connectivity index (χ0n) is 9.87. The largest absolute Gasteiger partial charge is 0.508 e. The fourth-order valence-electron chi connectivity index (χ4n) is 1.48. The van der Waals surface area contributed by atoms with Crippen molar-refractivity contribution in [2.75, 3.05) is 13.7 Å². The van der Waals surface area contributed by atoms with Gasteiger partial charge >= 0.3 is 5.97 Å². The maximum atomic E-state index is 13.1. The molecule has 17 heavy (non-hydrogen) atoms. The van der Waals surface area contributed by atoms with Gasteiger partial charge in [-0.25, -0.2) is 9.18 Å². The Labute approximate surface area is 99.4 Å². The molecule has 1 aromatic carbocycles. The zero-order valence-corrected chi connectivity index (χ0v) is 9.87. The maximum Gasteiger partial charge on any atom is 0.327 e. The molecule has 0 amide bonds. The van der Waals surface area contributed by atoms with Crippen LogP contribution in [0.3, 0.4) is 0 Å². The van der Waals surface area contributed by atoms with Gasteiger partial charge in [0.05, 0.1) is 7.11 Å². The van der Waals surface area contributed by atoms with Gasteiger partial charge in [0.2, 0.25) is 0 Å². The third-order valence-electron chi connectivity index (χ3n) is 2.34. The molecule has 0 bridgehead atoms. The number of hydrogen-bond donors (Lipinski definition) is 2. The number of halogens is 1. The van der Waals surface area contributed by atoms with E-state index in [0.29, 0.717) is 6.54 Å². The van der Waals surface area contributed by atoms with E-state index in [0.717, 1.165) is 18.6 Å². The molecule has 0 heterocycles. The highest BCUT2D eigenvalue weighted by Gasteiger charge is 2.23. The molecule has 0 aliphatic heterocycles. The summed E-state index contributed by atoms with van der Waals surface area (Å²) in [4.78, 5) is 11.6. The van der Waals surface area contributed by atoms with Crippen LogP contribution < -0.4 is 5.32 Å². The van der Waals surface area contributed by atoms with Crippen LogP contribution in [0.15, 0.2) is 18.2 Å². The van der Waals surface area contributed by atoms with E-state index >= 15 is 0 Å². The number of rotatable bonds is 5. The molecular weight excluding hydrogens is 225 g/mol. The Morgan fingerprint density at radius 1 is 1.59 bits per heavy atom. The average Bonchev–Trinajstić information content (AvgIpc) is 2.33. The number of benzene rings is 1. The molecule has 1 atom stereocenters. The first-order valence-electron chi connectivity index (χ1n) is 5.39. The monoisotopic (exact) mass is 241 g/mol. The van der Waals surface area contributed by atoms with Crippen molar-refractivity contribution in [3.8, 4) is 5.75 Å². The molecule has 1 aromatic rings. The molecule has 0 aromatic heterocycles. The summed E-state index contributed by atoms with van der Waals surface area (Å²) < 4.78 is 17.7. The summed E-state index contributed by atoms with van der Waals surface area (Å²) in [6, 6.07) is 2.62. The lowest BCUT2D eigenvalue weighted by atomic mass is 10.1. The van der Waals surface area contributed by atoms with Gasteiger partial charge in [0.1, 0.15) is 17.6 Å². The fraction of sp³-hybridized carbons (Fsp3) is 0.417. The number of phenolic OH excluding ortho intramolecular Hbond substituents is 1. The number of carbonyl (C=O) groups is 1. The molecule has 4 nitrogen and oxygen atoms in total. The first-order chi connectivity index (χ1) is 8.10. The van der Waals surface area contributed by atoms with Crippen molar-refractivity contribution in [2.45, 2.75) is 19.4 Å². The number of ether oxygens (including phenoxy) is 1. The summed E-state index contributed by atoms with van der Waals surface area (Å²) >= 11 is 0. The number of carbonyl (C=O) groups excluding carboxylic acids is 1. The van der Waals surface area contributed by atoms with Crippen LogP contribution in [0.1, 0.15) is 24.9 Å². The predicted octanol–water partition coefficient (Wildman–Crippen LogP) is 1.74. The predicted molar refractivity (Wildman–Crippen MR) is 61.1 cm³/mol. The lowest BCUT2D eigenvalue weighted by Gasteiger charge is -2.17. The standard InChI is InChI=1S/C12H16FNO3/c1-3-6-14-11(12(16)17-2)9-7-8(13)4-5-10(9)15/h4-5,7,11,14-15H,3,6H2,1-2H3. The Morgan fingerprint density at radius 3 is 2.88 bits per heavy atom. The van der Waals surface area contributed by atoms with E-state index in [1.165, 1.54) is 13.2 Å². The molecule has 0 saturated heterocycles. The number of aromatic hydroxyl groups is 1. The topological polar surface area (TPSA) is 58.6 Å². The molecular formula is C12H16FNO3. The lowest BCUT2D eigenvalue weighted by Crippen LogP contribution is -2.30. The summed E-state index contributed by atoms with van der Waals surface area (Å²) in [6.45, 7) is 2.50. The first kappa shape index (κ1) is 13.4. The number of hydrogen-bond acceptors (Lipinski definition) is 4. The highest BCUT2D eigenvalue weighted by atomic mass is 19.1. The van der Waals surface area contributed by atoms with E-state index in [-0.39, 0.29) is 11.3 Å². The number of nitrogens with one attached hydrogen (secondary N) is 1. The Kier molecular flexibility index (Phi) is 4.90.